The minimum absolute atomic E-state index is 0.0688. The lowest BCUT2D eigenvalue weighted by molar-refractivity contribution is 0.0935. The number of halogens is 1. The number of nitrogens with one attached hydrogen (secondary N) is 1. The number of hydrogen-bond donors (Lipinski definition) is 1. The second-order valence-corrected chi connectivity index (χ2v) is 5.86. The van der Waals surface area contributed by atoms with Gasteiger partial charge in [0.2, 0.25) is 0 Å². The average molecular weight is 324 g/mol. The summed E-state index contributed by atoms with van der Waals surface area (Å²) in [4.78, 5) is 25.5. The monoisotopic (exact) mass is 324 g/mol. The van der Waals surface area contributed by atoms with Gasteiger partial charge in [-0.05, 0) is 55.6 Å². The Bertz CT molecular complexity index is 959. The number of carbonyl (C=O) groups excluding carboxylic acids is 1. The summed E-state index contributed by atoms with van der Waals surface area (Å²) in [5, 5.41) is 3.99. The van der Waals surface area contributed by atoms with E-state index < -0.39 is 5.82 Å². The highest BCUT2D eigenvalue weighted by molar-refractivity contribution is 5.97. The first-order valence-corrected chi connectivity index (χ1v) is 7.69. The van der Waals surface area contributed by atoms with Gasteiger partial charge in [0.1, 0.15) is 11.5 Å². The van der Waals surface area contributed by atoms with E-state index in [1.165, 1.54) is 28.8 Å². The predicted molar refractivity (Wildman–Crippen MR) is 92.1 cm³/mol. The van der Waals surface area contributed by atoms with E-state index in [4.69, 9.17) is 0 Å². The van der Waals surface area contributed by atoms with E-state index in [0.29, 0.717) is 16.5 Å². The summed E-state index contributed by atoms with van der Waals surface area (Å²) < 4.78 is 14.5. The molecule has 0 saturated carbocycles. The number of fused-ring (bicyclic) bond motifs is 1. The number of nitrogens with zero attached hydrogens (tertiary/aromatic N) is 1. The third kappa shape index (κ3) is 2.93. The van der Waals surface area contributed by atoms with Crippen molar-refractivity contribution in [2.75, 3.05) is 0 Å². The number of pyridine rings is 1. The third-order valence-corrected chi connectivity index (χ3v) is 3.66. The Morgan fingerprint density at radius 1 is 1.08 bits per heavy atom. The van der Waals surface area contributed by atoms with E-state index in [-0.39, 0.29) is 23.2 Å². The van der Waals surface area contributed by atoms with Gasteiger partial charge in [-0.3, -0.25) is 14.2 Å². The summed E-state index contributed by atoms with van der Waals surface area (Å²) in [5.74, 6) is -0.752. The summed E-state index contributed by atoms with van der Waals surface area (Å²) in [6.07, 6.45) is 0. The fraction of sp³-hybridized carbons (Fsp3) is 0.158. The SMILES string of the molecule is CC(C)NC(=O)c1cc2ccccc2c(=O)n1-c1ccc(F)cc1. The van der Waals surface area contributed by atoms with Crippen LogP contribution in [0, 0.1) is 5.82 Å². The maximum absolute atomic E-state index is 13.2. The van der Waals surface area contributed by atoms with Crippen LogP contribution in [-0.4, -0.2) is 16.5 Å². The number of hydrogen-bond acceptors (Lipinski definition) is 2. The molecule has 2 aromatic carbocycles. The van der Waals surface area contributed by atoms with Crippen LogP contribution < -0.4 is 10.9 Å². The van der Waals surface area contributed by atoms with Crippen LogP contribution in [-0.2, 0) is 0 Å². The van der Waals surface area contributed by atoms with Crippen LogP contribution in [0.4, 0.5) is 4.39 Å². The van der Waals surface area contributed by atoms with Crippen LogP contribution in [0.2, 0.25) is 0 Å². The summed E-state index contributed by atoms with van der Waals surface area (Å²) in [6, 6.07) is 14.2. The molecule has 3 aromatic rings. The fourth-order valence-electron chi connectivity index (χ4n) is 2.61. The highest BCUT2D eigenvalue weighted by Crippen LogP contribution is 2.17. The smallest absolute Gasteiger partial charge is 0.268 e. The zero-order chi connectivity index (χ0) is 17.3. The number of carbonyl (C=O) groups is 1. The molecule has 1 amide bonds. The van der Waals surface area contributed by atoms with Crippen LogP contribution >= 0.6 is 0 Å². The molecule has 0 aliphatic rings. The second kappa shape index (κ2) is 6.28. The molecular weight excluding hydrogens is 307 g/mol. The van der Waals surface area contributed by atoms with E-state index >= 15 is 0 Å². The molecule has 1 N–H and O–H groups in total. The van der Waals surface area contributed by atoms with Gasteiger partial charge in [0, 0.05) is 17.1 Å². The molecule has 4 nitrogen and oxygen atoms in total. The third-order valence-electron chi connectivity index (χ3n) is 3.66. The van der Waals surface area contributed by atoms with Gasteiger partial charge in [0.15, 0.2) is 0 Å². The lowest BCUT2D eigenvalue weighted by Gasteiger charge is -2.16. The van der Waals surface area contributed by atoms with Crippen LogP contribution in [0.5, 0.6) is 0 Å². The van der Waals surface area contributed by atoms with Crippen molar-refractivity contribution < 1.29 is 9.18 Å². The zero-order valence-corrected chi connectivity index (χ0v) is 13.4. The van der Waals surface area contributed by atoms with Crippen molar-refractivity contribution in [2.24, 2.45) is 0 Å². The predicted octanol–water partition coefficient (Wildman–Crippen LogP) is 3.27. The van der Waals surface area contributed by atoms with E-state index in [1.807, 2.05) is 19.9 Å². The van der Waals surface area contributed by atoms with Crippen molar-refractivity contribution in [3.8, 4) is 5.69 Å². The zero-order valence-electron chi connectivity index (χ0n) is 13.4. The van der Waals surface area contributed by atoms with Crippen molar-refractivity contribution in [1.29, 1.82) is 0 Å². The van der Waals surface area contributed by atoms with Crippen molar-refractivity contribution in [1.82, 2.24) is 9.88 Å². The standard InChI is InChI=1S/C19H17FN2O2/c1-12(2)21-18(23)17-11-13-5-3-4-6-16(13)19(24)22(17)15-9-7-14(20)8-10-15/h3-12H,1-2H3,(H,21,23). The molecule has 0 bridgehead atoms. The van der Waals surface area contributed by atoms with Gasteiger partial charge in [0.05, 0.1) is 0 Å². The molecule has 0 atom stereocenters. The minimum Gasteiger partial charge on any atom is -0.349 e. The van der Waals surface area contributed by atoms with Gasteiger partial charge in [-0.25, -0.2) is 4.39 Å². The Balaban J connectivity index is 2.31. The fourth-order valence-corrected chi connectivity index (χ4v) is 2.61. The van der Waals surface area contributed by atoms with Crippen molar-refractivity contribution in [3.05, 3.63) is 76.5 Å². The molecule has 0 fully saturated rings. The Hall–Kier alpha value is -2.95. The maximum atomic E-state index is 13.2. The van der Waals surface area contributed by atoms with Crippen molar-refractivity contribution >= 4 is 16.7 Å². The molecular formula is C19H17FN2O2. The molecule has 3 rings (SSSR count). The van der Waals surface area contributed by atoms with Gasteiger partial charge >= 0.3 is 0 Å². The first kappa shape index (κ1) is 15.9. The van der Waals surface area contributed by atoms with E-state index in [1.54, 1.807) is 24.3 Å². The van der Waals surface area contributed by atoms with Crippen LogP contribution in [0.25, 0.3) is 16.5 Å². The van der Waals surface area contributed by atoms with Gasteiger partial charge in [-0.15, -0.1) is 0 Å². The molecule has 0 aliphatic heterocycles. The maximum Gasteiger partial charge on any atom is 0.268 e. The second-order valence-electron chi connectivity index (χ2n) is 5.86. The molecule has 0 radical (unpaired) electrons. The summed E-state index contributed by atoms with van der Waals surface area (Å²) in [7, 11) is 0. The lowest BCUT2D eigenvalue weighted by Crippen LogP contribution is -2.35. The van der Waals surface area contributed by atoms with Crippen LogP contribution in [0.15, 0.2) is 59.4 Å². The number of benzene rings is 2. The lowest BCUT2D eigenvalue weighted by atomic mass is 10.1. The first-order valence-electron chi connectivity index (χ1n) is 7.69. The summed E-state index contributed by atoms with van der Waals surface area (Å²) in [5.41, 5.74) is 0.355. The van der Waals surface area contributed by atoms with Gasteiger partial charge in [-0.1, -0.05) is 18.2 Å². The molecule has 1 heterocycles. The Labute approximate surface area is 138 Å². The largest absolute Gasteiger partial charge is 0.349 e. The molecule has 1 aromatic heterocycles. The number of amides is 1. The Morgan fingerprint density at radius 2 is 1.75 bits per heavy atom. The van der Waals surface area contributed by atoms with Crippen LogP contribution in [0.3, 0.4) is 0 Å². The first-order chi connectivity index (χ1) is 11.5. The van der Waals surface area contributed by atoms with Gasteiger partial charge in [-0.2, -0.15) is 0 Å². The quantitative estimate of drug-likeness (QED) is 0.804. The molecule has 0 spiro atoms. The molecule has 0 saturated heterocycles. The minimum atomic E-state index is -0.402. The summed E-state index contributed by atoms with van der Waals surface area (Å²) >= 11 is 0. The highest BCUT2D eigenvalue weighted by atomic mass is 19.1. The normalized spacial score (nSPS) is 11.0. The highest BCUT2D eigenvalue weighted by Gasteiger charge is 2.17. The topological polar surface area (TPSA) is 51.1 Å². The molecule has 122 valence electrons. The van der Waals surface area contributed by atoms with Crippen molar-refractivity contribution in [3.63, 3.8) is 0 Å². The Morgan fingerprint density at radius 3 is 2.42 bits per heavy atom. The van der Waals surface area contributed by atoms with E-state index in [9.17, 15) is 14.0 Å². The summed E-state index contributed by atoms with van der Waals surface area (Å²) in [6.45, 7) is 3.69. The average Bonchev–Trinajstić information content (AvgIpc) is 2.55. The van der Waals surface area contributed by atoms with Gasteiger partial charge in [0.25, 0.3) is 11.5 Å². The van der Waals surface area contributed by atoms with E-state index in [2.05, 4.69) is 5.32 Å². The number of aromatic nitrogens is 1. The molecule has 0 aliphatic carbocycles. The van der Waals surface area contributed by atoms with Crippen molar-refractivity contribution in [2.45, 2.75) is 19.9 Å². The molecule has 5 heteroatoms. The molecule has 24 heavy (non-hydrogen) atoms. The van der Waals surface area contributed by atoms with Gasteiger partial charge < -0.3 is 5.32 Å². The number of rotatable bonds is 3. The van der Waals surface area contributed by atoms with Crippen LogP contribution in [0.1, 0.15) is 24.3 Å². The Kier molecular flexibility index (Phi) is 4.16. The van der Waals surface area contributed by atoms with E-state index in [0.717, 1.165) is 0 Å². The molecule has 0 unspecified atom stereocenters.